The summed E-state index contributed by atoms with van der Waals surface area (Å²) in [6, 6.07) is 8.97. The average molecular weight is 647 g/mol. The number of fused-ring (bicyclic) bond motifs is 7. The SMILES string of the molecule is COOCc1ccc(C2=CC[C@]3(C)[C@H]4CC[C@@H]5[C@H]6[C@H](C(C)C)CC[C@]6(C(=O)NCCN(C)C)CC[C@@]5(C)[C@]4(C)CC[C@H]3C2(C)C)cc1. The fourth-order valence-electron chi connectivity index (χ4n) is 13.4. The van der Waals surface area contributed by atoms with Crippen LogP contribution in [0.4, 0.5) is 0 Å². The first-order valence-corrected chi connectivity index (χ1v) is 19.0. The van der Waals surface area contributed by atoms with Crippen molar-refractivity contribution in [1.29, 1.82) is 0 Å². The van der Waals surface area contributed by atoms with Crippen molar-refractivity contribution >= 4 is 11.5 Å². The van der Waals surface area contributed by atoms with Crippen molar-refractivity contribution in [3.8, 4) is 0 Å². The molecule has 9 atom stereocenters. The molecule has 0 heterocycles. The van der Waals surface area contributed by atoms with Gasteiger partial charge < -0.3 is 10.2 Å². The Bertz CT molecular complexity index is 1330. The molecule has 262 valence electrons. The number of carbonyl (C=O) groups is 1. The lowest BCUT2D eigenvalue weighted by molar-refractivity contribution is -0.282. The molecule has 0 saturated heterocycles. The summed E-state index contributed by atoms with van der Waals surface area (Å²) in [6.45, 7) is 20.2. The van der Waals surface area contributed by atoms with Gasteiger partial charge in [-0.05, 0) is 146 Å². The van der Waals surface area contributed by atoms with Crippen LogP contribution in [0.25, 0.3) is 5.57 Å². The van der Waals surface area contributed by atoms with Crippen LogP contribution in [0, 0.1) is 62.6 Å². The van der Waals surface area contributed by atoms with Gasteiger partial charge in [-0.2, -0.15) is 0 Å². The van der Waals surface area contributed by atoms with Crippen LogP contribution in [0.5, 0.6) is 0 Å². The van der Waals surface area contributed by atoms with Gasteiger partial charge in [0.15, 0.2) is 0 Å². The Hall–Kier alpha value is -1.69. The Morgan fingerprint density at radius 1 is 0.915 bits per heavy atom. The molecular weight excluding hydrogens is 580 g/mol. The van der Waals surface area contributed by atoms with Crippen molar-refractivity contribution in [1.82, 2.24) is 10.2 Å². The number of nitrogens with zero attached hydrogens (tertiary/aromatic N) is 1. The highest BCUT2D eigenvalue weighted by Crippen LogP contribution is 2.77. The van der Waals surface area contributed by atoms with Crippen LogP contribution in [0.2, 0.25) is 0 Å². The van der Waals surface area contributed by atoms with Crippen LogP contribution >= 0.6 is 0 Å². The smallest absolute Gasteiger partial charge is 0.226 e. The van der Waals surface area contributed by atoms with Gasteiger partial charge in [0.25, 0.3) is 0 Å². The molecule has 1 amide bonds. The molecule has 6 rings (SSSR count). The highest BCUT2D eigenvalue weighted by molar-refractivity contribution is 5.83. The lowest BCUT2D eigenvalue weighted by Gasteiger charge is -2.72. The van der Waals surface area contributed by atoms with Crippen LogP contribution < -0.4 is 5.32 Å². The minimum Gasteiger partial charge on any atom is -0.354 e. The predicted octanol–water partition coefficient (Wildman–Crippen LogP) is 9.17. The van der Waals surface area contributed by atoms with E-state index in [1.165, 1.54) is 56.1 Å². The van der Waals surface area contributed by atoms with E-state index in [1.807, 2.05) is 0 Å². The second-order valence-electron chi connectivity index (χ2n) is 18.5. The largest absolute Gasteiger partial charge is 0.354 e. The van der Waals surface area contributed by atoms with Crippen LogP contribution in [-0.4, -0.2) is 45.1 Å². The number of rotatable bonds is 9. The van der Waals surface area contributed by atoms with E-state index in [0.29, 0.717) is 53.4 Å². The highest BCUT2D eigenvalue weighted by Gasteiger charge is 2.71. The van der Waals surface area contributed by atoms with Crippen LogP contribution in [-0.2, 0) is 21.2 Å². The summed E-state index contributed by atoms with van der Waals surface area (Å²) in [7, 11) is 5.76. The Morgan fingerprint density at radius 3 is 2.30 bits per heavy atom. The van der Waals surface area contributed by atoms with E-state index in [4.69, 9.17) is 9.78 Å². The maximum Gasteiger partial charge on any atom is 0.226 e. The van der Waals surface area contributed by atoms with Gasteiger partial charge in [0, 0.05) is 13.1 Å². The van der Waals surface area contributed by atoms with Crippen molar-refractivity contribution in [2.24, 2.45) is 62.6 Å². The maximum atomic E-state index is 14.3. The highest BCUT2D eigenvalue weighted by atomic mass is 17.2. The molecule has 0 aromatic heterocycles. The quantitative estimate of drug-likeness (QED) is 0.215. The fourth-order valence-corrected chi connectivity index (χ4v) is 13.4. The standard InChI is InChI=1S/C42H66N2O3/c1-28(2)31-17-22-42(37(45)43-25-26-44(8)9)24-23-40(6)33(36(31)42)15-16-35-39(5)20-18-32(30-13-11-29(12-14-30)27-47-46-10)38(3,4)34(39)19-21-41(35,40)7/h11-14,18,28,31,33-36H,15-17,19-27H2,1-10H3,(H,43,45)/t31-,33+,34-,35+,36+,39-,40+,41+,42-/m0/s1. The summed E-state index contributed by atoms with van der Waals surface area (Å²) in [5.41, 5.74) is 4.80. The molecule has 47 heavy (non-hydrogen) atoms. The summed E-state index contributed by atoms with van der Waals surface area (Å²) in [4.78, 5) is 26.5. The molecule has 5 aliphatic rings. The van der Waals surface area contributed by atoms with E-state index < -0.39 is 0 Å². The zero-order valence-corrected chi connectivity index (χ0v) is 31.5. The van der Waals surface area contributed by atoms with E-state index in [2.05, 4.69) is 103 Å². The zero-order chi connectivity index (χ0) is 34.0. The molecule has 4 saturated carbocycles. The molecule has 0 radical (unpaired) electrons. The monoisotopic (exact) mass is 647 g/mol. The van der Waals surface area contributed by atoms with E-state index in [1.54, 1.807) is 7.11 Å². The van der Waals surface area contributed by atoms with Gasteiger partial charge in [0.2, 0.25) is 5.91 Å². The Morgan fingerprint density at radius 2 is 1.64 bits per heavy atom. The van der Waals surface area contributed by atoms with Crippen LogP contribution in [0.1, 0.15) is 117 Å². The number of nitrogens with one attached hydrogen (secondary N) is 1. The van der Waals surface area contributed by atoms with Crippen LogP contribution in [0.3, 0.4) is 0 Å². The minimum absolute atomic E-state index is 0.108. The van der Waals surface area contributed by atoms with E-state index in [-0.39, 0.29) is 21.7 Å². The van der Waals surface area contributed by atoms with Gasteiger partial charge in [0.1, 0.15) is 6.61 Å². The molecule has 0 unspecified atom stereocenters. The fraction of sp³-hybridized carbons (Fsp3) is 0.786. The molecule has 1 aromatic rings. The number of amides is 1. The first-order chi connectivity index (χ1) is 22.2. The lowest BCUT2D eigenvalue weighted by Crippen LogP contribution is -2.66. The Balaban J connectivity index is 1.30. The second-order valence-corrected chi connectivity index (χ2v) is 18.5. The molecule has 1 aromatic carbocycles. The molecule has 5 aliphatic carbocycles. The summed E-state index contributed by atoms with van der Waals surface area (Å²) < 4.78 is 0. The third kappa shape index (κ3) is 5.39. The number of likely N-dealkylation sites (N-methyl/N-ethyl adjacent to an activating group) is 1. The third-order valence-corrected chi connectivity index (χ3v) is 15.8. The first kappa shape index (κ1) is 35.1. The van der Waals surface area contributed by atoms with Crippen molar-refractivity contribution < 1.29 is 14.6 Å². The van der Waals surface area contributed by atoms with Crippen molar-refractivity contribution in [3.05, 3.63) is 41.5 Å². The van der Waals surface area contributed by atoms with Gasteiger partial charge in [-0.1, -0.05) is 78.8 Å². The van der Waals surface area contributed by atoms with Gasteiger partial charge in [-0.3, -0.25) is 4.79 Å². The first-order valence-electron chi connectivity index (χ1n) is 19.0. The second kappa shape index (κ2) is 12.6. The number of benzene rings is 1. The molecule has 0 aliphatic heterocycles. The van der Waals surface area contributed by atoms with Gasteiger partial charge in [-0.15, -0.1) is 0 Å². The van der Waals surface area contributed by atoms with Gasteiger partial charge >= 0.3 is 0 Å². The Kier molecular flexibility index (Phi) is 9.40. The van der Waals surface area contributed by atoms with E-state index in [9.17, 15) is 4.79 Å². The maximum absolute atomic E-state index is 14.3. The number of carbonyl (C=O) groups excluding carboxylic acids is 1. The number of hydrogen-bond donors (Lipinski definition) is 1. The van der Waals surface area contributed by atoms with E-state index in [0.717, 1.165) is 31.5 Å². The summed E-state index contributed by atoms with van der Waals surface area (Å²) in [6.07, 6.45) is 13.6. The zero-order valence-electron chi connectivity index (χ0n) is 31.5. The predicted molar refractivity (Wildman–Crippen MR) is 192 cm³/mol. The van der Waals surface area contributed by atoms with Crippen molar-refractivity contribution in [3.63, 3.8) is 0 Å². The topological polar surface area (TPSA) is 50.8 Å². The molecule has 0 bridgehead atoms. The normalized spacial score (nSPS) is 40.7. The van der Waals surface area contributed by atoms with Crippen LogP contribution in [0.15, 0.2) is 30.3 Å². The summed E-state index contributed by atoms with van der Waals surface area (Å²) in [5.74, 6) is 4.17. The van der Waals surface area contributed by atoms with E-state index >= 15 is 0 Å². The molecule has 5 nitrogen and oxygen atoms in total. The molecule has 1 N–H and O–H groups in total. The third-order valence-electron chi connectivity index (χ3n) is 15.8. The van der Waals surface area contributed by atoms with Gasteiger partial charge in [-0.25, -0.2) is 9.78 Å². The molecule has 5 heteroatoms. The average Bonchev–Trinajstić information content (AvgIpc) is 3.42. The number of allylic oxidation sites excluding steroid dienone is 2. The molecule has 4 fully saturated rings. The number of hydrogen-bond acceptors (Lipinski definition) is 4. The summed E-state index contributed by atoms with van der Waals surface area (Å²) in [5, 5.41) is 3.46. The van der Waals surface area contributed by atoms with Crippen molar-refractivity contribution in [2.45, 2.75) is 113 Å². The summed E-state index contributed by atoms with van der Waals surface area (Å²) >= 11 is 0. The lowest BCUT2D eigenvalue weighted by atomic mass is 9.32. The molecule has 0 spiro atoms. The van der Waals surface area contributed by atoms with Crippen molar-refractivity contribution in [2.75, 3.05) is 34.3 Å². The molecular formula is C42H66N2O3. The minimum atomic E-state index is -0.175. The van der Waals surface area contributed by atoms with Gasteiger partial charge in [0.05, 0.1) is 12.5 Å². The Labute approximate surface area is 286 Å².